The molecule has 0 radical (unpaired) electrons. The number of carbonyl (C=O) groups is 3. The van der Waals surface area contributed by atoms with Crippen LogP contribution in [-0.2, 0) is 19.1 Å². The largest absolute Gasteiger partial charge is 0.481 e. The smallest absolute Gasteiger partial charge is 0.313 e. The van der Waals surface area contributed by atoms with E-state index < -0.39 is 17.8 Å². The first-order valence-electron chi connectivity index (χ1n) is 10.2. The van der Waals surface area contributed by atoms with Crippen LogP contribution in [0.15, 0.2) is 42.5 Å². The molecule has 0 spiro atoms. The van der Waals surface area contributed by atoms with Gasteiger partial charge in [-0.15, -0.1) is 0 Å². The van der Waals surface area contributed by atoms with Crippen LogP contribution in [0.2, 0.25) is 0 Å². The van der Waals surface area contributed by atoms with Crippen molar-refractivity contribution in [1.82, 2.24) is 5.32 Å². The molecule has 2 amide bonds. The van der Waals surface area contributed by atoms with Crippen molar-refractivity contribution in [3.8, 4) is 0 Å². The maximum absolute atomic E-state index is 12.2. The van der Waals surface area contributed by atoms with E-state index in [1.165, 1.54) is 0 Å². The molecule has 2 aliphatic rings. The Balaban J connectivity index is 1.45. The first-order chi connectivity index (χ1) is 14.0. The molecule has 4 atom stereocenters. The highest BCUT2D eigenvalue weighted by atomic mass is 16.5. The lowest BCUT2D eigenvalue weighted by Crippen LogP contribution is -2.42. The third kappa shape index (κ3) is 5.90. The normalized spacial score (nSPS) is 25.2. The van der Waals surface area contributed by atoms with Crippen LogP contribution in [0, 0.1) is 11.8 Å². The Bertz CT molecular complexity index is 749. The number of hydrogen-bond acceptors (Lipinski definition) is 4. The number of amides is 2. The second-order valence-electron chi connectivity index (χ2n) is 7.64. The fraction of sp³-hybridized carbons (Fsp3) is 0.500. The number of nitrogens with one attached hydrogen (secondary N) is 2. The third-order valence-electron chi connectivity index (χ3n) is 5.66. The van der Waals surface area contributed by atoms with Gasteiger partial charge >= 0.3 is 17.8 Å². The summed E-state index contributed by atoms with van der Waals surface area (Å²) in [6.45, 7) is 0.416. The van der Waals surface area contributed by atoms with Crippen LogP contribution in [0.1, 0.15) is 38.5 Å². The van der Waals surface area contributed by atoms with Gasteiger partial charge < -0.3 is 20.5 Å². The minimum atomic E-state index is -0.771. The highest BCUT2D eigenvalue weighted by Crippen LogP contribution is 2.44. The van der Waals surface area contributed by atoms with Gasteiger partial charge in [0.25, 0.3) is 0 Å². The second-order valence-corrected chi connectivity index (χ2v) is 7.64. The summed E-state index contributed by atoms with van der Waals surface area (Å²) in [6, 6.07) is 8.88. The number of hydrogen-bond donors (Lipinski definition) is 3. The zero-order valence-corrected chi connectivity index (χ0v) is 16.4. The Labute approximate surface area is 170 Å². The molecule has 1 aromatic carbocycles. The molecule has 0 saturated carbocycles. The van der Waals surface area contributed by atoms with Crippen LogP contribution < -0.4 is 10.6 Å². The number of ether oxygens (including phenoxy) is 1. The molecule has 156 valence electrons. The van der Waals surface area contributed by atoms with E-state index in [0.29, 0.717) is 24.6 Å². The molecule has 7 heteroatoms. The Morgan fingerprint density at radius 3 is 2.48 bits per heavy atom. The number of carbonyl (C=O) groups excluding carboxylic acids is 2. The summed E-state index contributed by atoms with van der Waals surface area (Å²) in [5, 5.41) is 14.0. The van der Waals surface area contributed by atoms with Crippen LogP contribution in [0.3, 0.4) is 0 Å². The minimum Gasteiger partial charge on any atom is -0.481 e. The molecule has 2 aliphatic heterocycles. The molecule has 3 rings (SSSR count). The van der Waals surface area contributed by atoms with Crippen LogP contribution in [0.5, 0.6) is 0 Å². The molecule has 0 aliphatic carbocycles. The molecule has 7 nitrogen and oxygen atoms in total. The Hall–Kier alpha value is -2.67. The fourth-order valence-electron chi connectivity index (χ4n) is 4.22. The van der Waals surface area contributed by atoms with Crippen LogP contribution in [0.25, 0.3) is 0 Å². The summed E-state index contributed by atoms with van der Waals surface area (Å²) in [4.78, 5) is 34.8. The number of carboxylic acid groups (broad SMARTS) is 1. The number of para-hydroxylation sites is 1. The highest BCUT2D eigenvalue weighted by molar-refractivity contribution is 6.39. The molecule has 2 fully saturated rings. The van der Waals surface area contributed by atoms with Gasteiger partial charge in [0, 0.05) is 24.6 Å². The van der Waals surface area contributed by atoms with E-state index in [2.05, 4.69) is 16.7 Å². The standard InChI is InChI=1S/C22H28N2O5/c25-20(26)11-7-2-1-6-10-16-17(19-13-12-18(16)29-19)14-23-21(27)22(28)24-15-8-4-3-5-9-15/h1,3-6,8-9,16-19H,2,7,10-14H2,(H,23,27)(H,24,28)(H,25,26)/b6-1-/t16-,17+,18-,19+/m1/s1. The van der Waals surface area contributed by atoms with Crippen LogP contribution >= 0.6 is 0 Å². The van der Waals surface area contributed by atoms with E-state index in [1.807, 2.05) is 12.1 Å². The summed E-state index contributed by atoms with van der Waals surface area (Å²) in [7, 11) is 0. The van der Waals surface area contributed by atoms with Crippen molar-refractivity contribution in [3.05, 3.63) is 42.5 Å². The summed E-state index contributed by atoms with van der Waals surface area (Å²) >= 11 is 0. The van der Waals surface area contributed by atoms with Crippen molar-refractivity contribution < 1.29 is 24.2 Å². The number of fused-ring (bicyclic) bond motifs is 2. The van der Waals surface area contributed by atoms with E-state index in [1.54, 1.807) is 24.3 Å². The van der Waals surface area contributed by atoms with Gasteiger partial charge in [-0.2, -0.15) is 0 Å². The maximum atomic E-state index is 12.2. The molecule has 1 aromatic rings. The van der Waals surface area contributed by atoms with Crippen LogP contribution in [0.4, 0.5) is 5.69 Å². The van der Waals surface area contributed by atoms with Crippen molar-refractivity contribution >= 4 is 23.5 Å². The van der Waals surface area contributed by atoms with E-state index in [4.69, 9.17) is 9.84 Å². The van der Waals surface area contributed by atoms with Gasteiger partial charge in [-0.1, -0.05) is 30.4 Å². The molecule has 2 heterocycles. The second kappa shape index (κ2) is 10.2. The quantitative estimate of drug-likeness (QED) is 0.336. The molecule has 2 bridgehead atoms. The van der Waals surface area contributed by atoms with Gasteiger partial charge in [-0.3, -0.25) is 14.4 Å². The first-order valence-corrected chi connectivity index (χ1v) is 10.2. The van der Waals surface area contributed by atoms with Crippen molar-refractivity contribution in [3.63, 3.8) is 0 Å². The summed E-state index contributed by atoms with van der Waals surface area (Å²) in [5.41, 5.74) is 0.585. The molecule has 3 N–H and O–H groups in total. The van der Waals surface area contributed by atoms with Crippen LogP contribution in [-0.4, -0.2) is 41.6 Å². The molecular formula is C22H28N2O5. The number of allylic oxidation sites excluding steroid dienone is 2. The van der Waals surface area contributed by atoms with Crippen molar-refractivity contribution in [2.24, 2.45) is 11.8 Å². The lowest BCUT2D eigenvalue weighted by molar-refractivity contribution is -0.137. The molecule has 0 unspecified atom stereocenters. The van der Waals surface area contributed by atoms with Crippen molar-refractivity contribution in [1.29, 1.82) is 0 Å². The lowest BCUT2D eigenvalue weighted by Gasteiger charge is -2.27. The molecule has 0 aromatic heterocycles. The average Bonchev–Trinajstić information content (AvgIpc) is 3.31. The predicted molar refractivity (Wildman–Crippen MR) is 108 cm³/mol. The monoisotopic (exact) mass is 400 g/mol. The Morgan fingerprint density at radius 2 is 1.76 bits per heavy atom. The number of anilines is 1. The Morgan fingerprint density at radius 1 is 1.03 bits per heavy atom. The van der Waals surface area contributed by atoms with Gasteiger partial charge in [0.2, 0.25) is 0 Å². The number of benzene rings is 1. The van der Waals surface area contributed by atoms with Gasteiger partial charge in [0.05, 0.1) is 12.2 Å². The zero-order chi connectivity index (χ0) is 20.6. The van der Waals surface area contributed by atoms with Gasteiger partial charge in [0.1, 0.15) is 0 Å². The third-order valence-corrected chi connectivity index (χ3v) is 5.66. The predicted octanol–water partition coefficient (Wildman–Crippen LogP) is 2.74. The number of carboxylic acids is 1. The maximum Gasteiger partial charge on any atom is 0.313 e. The number of rotatable bonds is 9. The zero-order valence-electron chi connectivity index (χ0n) is 16.4. The highest BCUT2D eigenvalue weighted by Gasteiger charge is 2.48. The average molecular weight is 400 g/mol. The SMILES string of the molecule is O=C(O)CCC/C=C\C[C@@H]1[C@H](CNC(=O)C(=O)Nc2ccccc2)[C@@H]2CC[C@H]1O2. The minimum absolute atomic E-state index is 0.128. The van der Waals surface area contributed by atoms with E-state index >= 15 is 0 Å². The molecule has 2 saturated heterocycles. The van der Waals surface area contributed by atoms with E-state index in [0.717, 1.165) is 25.7 Å². The van der Waals surface area contributed by atoms with Gasteiger partial charge in [0.15, 0.2) is 0 Å². The number of aliphatic carboxylic acids is 1. The fourth-order valence-corrected chi connectivity index (χ4v) is 4.22. The first kappa shape index (κ1) is 21.0. The van der Waals surface area contributed by atoms with Crippen molar-refractivity contribution in [2.75, 3.05) is 11.9 Å². The van der Waals surface area contributed by atoms with Crippen molar-refractivity contribution in [2.45, 2.75) is 50.7 Å². The Kier molecular flexibility index (Phi) is 7.41. The van der Waals surface area contributed by atoms with Gasteiger partial charge in [-0.05, 0) is 50.2 Å². The summed E-state index contributed by atoms with van der Waals surface area (Å²) in [6.07, 6.45) is 8.86. The molecule has 29 heavy (non-hydrogen) atoms. The van der Waals surface area contributed by atoms with Gasteiger partial charge in [-0.25, -0.2) is 0 Å². The molecular weight excluding hydrogens is 372 g/mol. The lowest BCUT2D eigenvalue weighted by atomic mass is 9.77. The number of unbranched alkanes of at least 4 members (excludes halogenated alkanes) is 1. The summed E-state index contributed by atoms with van der Waals surface area (Å²) in [5.74, 6) is -1.59. The summed E-state index contributed by atoms with van der Waals surface area (Å²) < 4.78 is 6.03. The van der Waals surface area contributed by atoms with E-state index in [-0.39, 0.29) is 24.5 Å². The topological polar surface area (TPSA) is 105 Å². The van der Waals surface area contributed by atoms with E-state index in [9.17, 15) is 14.4 Å².